The topological polar surface area (TPSA) is 59.6 Å². The molecule has 0 radical (unpaired) electrons. The Morgan fingerprint density at radius 3 is 2.50 bits per heavy atom. The van der Waals surface area contributed by atoms with Gasteiger partial charge in [0.2, 0.25) is 5.91 Å². The standard InChI is InChI=1S/C18H21ClN2O3/c1-13-3-4-14(11-17(13)19)21-12-18(22)20-9-10-24-16-7-5-15(23-2)6-8-16/h3-8,11,21H,9-10,12H2,1-2H3,(H,20,22). The number of nitrogens with one attached hydrogen (secondary N) is 2. The van der Waals surface area contributed by atoms with Crippen LogP contribution in [0, 0.1) is 6.92 Å². The normalized spacial score (nSPS) is 10.1. The van der Waals surface area contributed by atoms with Gasteiger partial charge >= 0.3 is 0 Å². The van der Waals surface area contributed by atoms with E-state index in [1.54, 1.807) is 13.2 Å². The molecule has 0 aromatic heterocycles. The Morgan fingerprint density at radius 1 is 1.12 bits per heavy atom. The highest BCUT2D eigenvalue weighted by atomic mass is 35.5. The molecule has 2 N–H and O–H groups in total. The maximum absolute atomic E-state index is 11.8. The number of carbonyl (C=O) groups is 1. The number of hydrogen-bond donors (Lipinski definition) is 2. The van der Waals surface area contributed by atoms with Gasteiger partial charge in [-0.1, -0.05) is 17.7 Å². The van der Waals surface area contributed by atoms with Crippen molar-refractivity contribution in [2.45, 2.75) is 6.92 Å². The van der Waals surface area contributed by atoms with Gasteiger partial charge < -0.3 is 20.1 Å². The number of ether oxygens (including phenoxy) is 2. The van der Waals surface area contributed by atoms with E-state index in [1.807, 2.05) is 43.3 Å². The number of methoxy groups -OCH3 is 1. The second-order valence-corrected chi connectivity index (χ2v) is 5.60. The summed E-state index contributed by atoms with van der Waals surface area (Å²) in [6.45, 7) is 2.94. The van der Waals surface area contributed by atoms with Crippen LogP contribution in [0.4, 0.5) is 5.69 Å². The fourth-order valence-corrected chi connectivity index (χ4v) is 2.16. The van der Waals surface area contributed by atoms with Crippen molar-refractivity contribution < 1.29 is 14.3 Å². The van der Waals surface area contributed by atoms with E-state index in [4.69, 9.17) is 21.1 Å². The van der Waals surface area contributed by atoms with Crippen molar-refractivity contribution in [2.24, 2.45) is 0 Å². The van der Waals surface area contributed by atoms with Gasteiger partial charge in [-0.2, -0.15) is 0 Å². The first-order chi connectivity index (χ1) is 11.6. The summed E-state index contributed by atoms with van der Waals surface area (Å²) in [5.41, 5.74) is 1.82. The molecule has 0 spiro atoms. The van der Waals surface area contributed by atoms with Gasteiger partial charge in [0.1, 0.15) is 18.1 Å². The van der Waals surface area contributed by atoms with E-state index in [-0.39, 0.29) is 12.5 Å². The first-order valence-corrected chi connectivity index (χ1v) is 8.00. The molecule has 2 aromatic carbocycles. The number of carbonyl (C=O) groups excluding carboxylic acids is 1. The lowest BCUT2D eigenvalue weighted by Gasteiger charge is -2.10. The zero-order chi connectivity index (χ0) is 17.4. The second-order valence-electron chi connectivity index (χ2n) is 5.19. The average Bonchev–Trinajstić information content (AvgIpc) is 2.60. The van der Waals surface area contributed by atoms with Gasteiger partial charge in [-0.3, -0.25) is 4.79 Å². The Morgan fingerprint density at radius 2 is 1.83 bits per heavy atom. The van der Waals surface area contributed by atoms with Crippen LogP contribution in [0.25, 0.3) is 0 Å². The third-order valence-electron chi connectivity index (χ3n) is 3.38. The highest BCUT2D eigenvalue weighted by Gasteiger charge is 2.02. The molecular weight excluding hydrogens is 328 g/mol. The van der Waals surface area contributed by atoms with Gasteiger partial charge in [0.05, 0.1) is 20.2 Å². The summed E-state index contributed by atoms with van der Waals surface area (Å²) < 4.78 is 10.6. The maximum atomic E-state index is 11.8. The smallest absolute Gasteiger partial charge is 0.239 e. The number of aryl methyl sites for hydroxylation is 1. The predicted molar refractivity (Wildman–Crippen MR) is 96.2 cm³/mol. The Hall–Kier alpha value is -2.40. The summed E-state index contributed by atoms with van der Waals surface area (Å²) >= 11 is 6.04. The quantitative estimate of drug-likeness (QED) is 0.719. The molecule has 5 nitrogen and oxygen atoms in total. The molecule has 0 heterocycles. The summed E-state index contributed by atoms with van der Waals surface area (Å²) in [6, 6.07) is 12.9. The summed E-state index contributed by atoms with van der Waals surface area (Å²) in [4.78, 5) is 11.8. The van der Waals surface area contributed by atoms with Gasteiger partial charge in [-0.15, -0.1) is 0 Å². The minimum atomic E-state index is -0.106. The molecule has 0 saturated heterocycles. The molecule has 0 aliphatic heterocycles. The monoisotopic (exact) mass is 348 g/mol. The van der Waals surface area contributed by atoms with Crippen LogP contribution in [-0.4, -0.2) is 32.7 Å². The van der Waals surface area contributed by atoms with E-state index >= 15 is 0 Å². The molecular formula is C18H21ClN2O3. The molecule has 0 fully saturated rings. The number of rotatable bonds is 8. The van der Waals surface area contributed by atoms with Crippen molar-refractivity contribution in [3.05, 3.63) is 53.1 Å². The Labute approximate surface area is 146 Å². The van der Waals surface area contributed by atoms with Crippen molar-refractivity contribution in [3.63, 3.8) is 0 Å². The largest absolute Gasteiger partial charge is 0.497 e. The second kappa shape index (κ2) is 9.03. The number of halogens is 1. The van der Waals surface area contributed by atoms with Crippen molar-refractivity contribution in [1.29, 1.82) is 0 Å². The van der Waals surface area contributed by atoms with Gasteiger partial charge in [0.15, 0.2) is 0 Å². The van der Waals surface area contributed by atoms with Crippen molar-refractivity contribution in [1.82, 2.24) is 5.32 Å². The fraction of sp³-hybridized carbons (Fsp3) is 0.278. The van der Waals surface area contributed by atoms with Crippen LogP contribution in [-0.2, 0) is 4.79 Å². The van der Waals surface area contributed by atoms with Crippen LogP contribution in [0.2, 0.25) is 5.02 Å². The van der Waals surface area contributed by atoms with E-state index in [0.29, 0.717) is 18.2 Å². The maximum Gasteiger partial charge on any atom is 0.239 e. The van der Waals surface area contributed by atoms with E-state index in [0.717, 1.165) is 22.7 Å². The molecule has 0 aliphatic rings. The minimum absolute atomic E-state index is 0.106. The van der Waals surface area contributed by atoms with Gasteiger partial charge in [-0.25, -0.2) is 0 Å². The van der Waals surface area contributed by atoms with E-state index in [9.17, 15) is 4.79 Å². The molecule has 1 amide bonds. The first-order valence-electron chi connectivity index (χ1n) is 7.62. The zero-order valence-corrected chi connectivity index (χ0v) is 14.5. The number of benzene rings is 2. The molecule has 0 aliphatic carbocycles. The van der Waals surface area contributed by atoms with E-state index < -0.39 is 0 Å². The summed E-state index contributed by atoms with van der Waals surface area (Å²) in [5, 5.41) is 6.49. The predicted octanol–water partition coefficient (Wildman–Crippen LogP) is 3.26. The molecule has 2 rings (SSSR count). The van der Waals surface area contributed by atoms with E-state index in [2.05, 4.69) is 10.6 Å². The highest BCUT2D eigenvalue weighted by Crippen LogP contribution is 2.19. The SMILES string of the molecule is COc1ccc(OCCNC(=O)CNc2ccc(C)c(Cl)c2)cc1. The third kappa shape index (κ3) is 5.66. The molecule has 0 bridgehead atoms. The number of anilines is 1. The third-order valence-corrected chi connectivity index (χ3v) is 3.78. The van der Waals surface area contributed by atoms with Crippen LogP contribution >= 0.6 is 11.6 Å². The van der Waals surface area contributed by atoms with Crippen LogP contribution in [0.1, 0.15) is 5.56 Å². The molecule has 2 aromatic rings. The average molecular weight is 349 g/mol. The lowest BCUT2D eigenvalue weighted by atomic mass is 10.2. The zero-order valence-electron chi connectivity index (χ0n) is 13.8. The van der Waals surface area contributed by atoms with Gasteiger partial charge in [0.25, 0.3) is 0 Å². The van der Waals surface area contributed by atoms with Crippen LogP contribution in [0.3, 0.4) is 0 Å². The summed E-state index contributed by atoms with van der Waals surface area (Å²) in [5.74, 6) is 1.40. The minimum Gasteiger partial charge on any atom is -0.497 e. The molecule has 128 valence electrons. The molecule has 0 saturated carbocycles. The lowest BCUT2D eigenvalue weighted by Crippen LogP contribution is -2.33. The van der Waals surface area contributed by atoms with Gasteiger partial charge in [0, 0.05) is 10.7 Å². The Kier molecular flexibility index (Phi) is 6.75. The van der Waals surface area contributed by atoms with Crippen LogP contribution in [0.15, 0.2) is 42.5 Å². The first kappa shape index (κ1) is 17.9. The van der Waals surface area contributed by atoms with Gasteiger partial charge in [-0.05, 0) is 48.9 Å². The molecule has 0 unspecified atom stereocenters. The Bertz CT molecular complexity index is 674. The molecule has 24 heavy (non-hydrogen) atoms. The van der Waals surface area contributed by atoms with Crippen molar-refractivity contribution in [2.75, 3.05) is 32.1 Å². The van der Waals surface area contributed by atoms with Crippen molar-refractivity contribution in [3.8, 4) is 11.5 Å². The molecule has 0 atom stereocenters. The van der Waals surface area contributed by atoms with E-state index in [1.165, 1.54) is 0 Å². The van der Waals surface area contributed by atoms with Crippen LogP contribution < -0.4 is 20.1 Å². The van der Waals surface area contributed by atoms with Crippen LogP contribution in [0.5, 0.6) is 11.5 Å². The Balaban J connectivity index is 1.64. The summed E-state index contributed by atoms with van der Waals surface area (Å²) in [7, 11) is 1.62. The number of hydrogen-bond acceptors (Lipinski definition) is 4. The van der Waals surface area contributed by atoms with Crippen molar-refractivity contribution >= 4 is 23.2 Å². The fourth-order valence-electron chi connectivity index (χ4n) is 1.98. The highest BCUT2D eigenvalue weighted by molar-refractivity contribution is 6.31. The number of amides is 1. The molecule has 6 heteroatoms. The summed E-state index contributed by atoms with van der Waals surface area (Å²) in [6.07, 6.45) is 0. The lowest BCUT2D eigenvalue weighted by molar-refractivity contribution is -0.119.